The lowest BCUT2D eigenvalue weighted by atomic mass is 9.97. The summed E-state index contributed by atoms with van der Waals surface area (Å²) in [5.41, 5.74) is 3.16. The quantitative estimate of drug-likeness (QED) is 0.740. The van der Waals surface area contributed by atoms with Crippen LogP contribution in [0.2, 0.25) is 0 Å². The molecule has 2 aliphatic heterocycles. The average Bonchev–Trinajstić information content (AvgIpc) is 3.71. The number of aliphatic imine (C=N–C) groups is 1. The molecule has 0 unspecified atom stereocenters. The van der Waals surface area contributed by atoms with Crippen LogP contribution in [0.25, 0.3) is 11.1 Å². The number of carbonyl (C=O) groups is 2. The van der Waals surface area contributed by atoms with Gasteiger partial charge in [0.05, 0.1) is 11.6 Å². The summed E-state index contributed by atoms with van der Waals surface area (Å²) >= 11 is 0. The fraction of sp³-hybridized carbons (Fsp3) is 0.385. The first-order valence-electron chi connectivity index (χ1n) is 11.4. The molecule has 2 aromatic rings. The van der Waals surface area contributed by atoms with Crippen LogP contribution in [0.5, 0.6) is 0 Å². The zero-order valence-electron chi connectivity index (χ0n) is 17.8. The van der Waals surface area contributed by atoms with E-state index in [0.29, 0.717) is 23.9 Å². The minimum Gasteiger partial charge on any atom is -0.342 e. The Morgan fingerprint density at radius 2 is 1.59 bits per heavy atom. The van der Waals surface area contributed by atoms with E-state index in [2.05, 4.69) is 6.07 Å². The topological polar surface area (TPSA) is 76.8 Å². The summed E-state index contributed by atoms with van der Waals surface area (Å²) in [5.74, 6) is 1.76. The summed E-state index contributed by atoms with van der Waals surface area (Å²) in [6.45, 7) is 2.12. The van der Waals surface area contributed by atoms with Crippen LogP contribution in [-0.4, -0.2) is 52.6 Å². The molecule has 2 amide bonds. The van der Waals surface area contributed by atoms with Gasteiger partial charge in [-0.1, -0.05) is 36.4 Å². The Labute approximate surface area is 187 Å². The summed E-state index contributed by atoms with van der Waals surface area (Å²) in [7, 11) is 0. The molecule has 0 bridgehead atoms. The molecule has 0 N–H and O–H groups in total. The van der Waals surface area contributed by atoms with Crippen molar-refractivity contribution in [1.82, 2.24) is 9.80 Å². The molecule has 6 rings (SSSR count). The van der Waals surface area contributed by atoms with Crippen molar-refractivity contribution >= 4 is 17.6 Å². The van der Waals surface area contributed by atoms with Crippen molar-refractivity contribution in [2.45, 2.75) is 31.2 Å². The van der Waals surface area contributed by atoms with Gasteiger partial charge in [0.2, 0.25) is 5.91 Å². The van der Waals surface area contributed by atoms with Crippen LogP contribution in [0.3, 0.4) is 0 Å². The third-order valence-corrected chi connectivity index (χ3v) is 7.07. The lowest BCUT2D eigenvalue weighted by molar-refractivity contribution is -0.139. The van der Waals surface area contributed by atoms with E-state index in [1.54, 1.807) is 0 Å². The van der Waals surface area contributed by atoms with E-state index in [-0.39, 0.29) is 11.8 Å². The average molecular weight is 425 g/mol. The van der Waals surface area contributed by atoms with Gasteiger partial charge in [-0.3, -0.25) is 19.5 Å². The molecule has 0 radical (unpaired) electrons. The first-order valence-corrected chi connectivity index (χ1v) is 11.4. The fourth-order valence-corrected chi connectivity index (χ4v) is 4.75. The molecule has 2 aliphatic carbocycles. The number of hydrogen-bond donors (Lipinski definition) is 0. The molecule has 2 saturated carbocycles. The maximum absolute atomic E-state index is 13.1. The number of rotatable bonds is 5. The molecular formula is C26H24N4O2. The summed E-state index contributed by atoms with van der Waals surface area (Å²) < 4.78 is 0. The van der Waals surface area contributed by atoms with Crippen molar-refractivity contribution < 1.29 is 9.59 Å². The van der Waals surface area contributed by atoms with Crippen LogP contribution >= 0.6 is 0 Å². The summed E-state index contributed by atoms with van der Waals surface area (Å²) in [6.07, 6.45) is 3.71. The summed E-state index contributed by atoms with van der Waals surface area (Å²) in [5, 5.41) is 8.99. The van der Waals surface area contributed by atoms with Crippen LogP contribution in [0.4, 0.5) is 0 Å². The smallest absolute Gasteiger partial charge is 0.256 e. The molecule has 6 heteroatoms. The Morgan fingerprint density at radius 3 is 2.16 bits per heavy atom. The number of amides is 2. The highest BCUT2D eigenvalue weighted by Gasteiger charge is 2.57. The monoisotopic (exact) mass is 424 g/mol. The maximum atomic E-state index is 13.1. The summed E-state index contributed by atoms with van der Waals surface area (Å²) in [6, 6.07) is 17.8. The first kappa shape index (κ1) is 19.2. The Morgan fingerprint density at radius 1 is 1.00 bits per heavy atom. The number of nitriles is 1. The van der Waals surface area contributed by atoms with E-state index in [4.69, 9.17) is 10.3 Å². The van der Waals surface area contributed by atoms with Gasteiger partial charge in [-0.25, -0.2) is 0 Å². The molecule has 1 saturated heterocycles. The third kappa shape index (κ3) is 3.20. The molecule has 2 heterocycles. The number of benzene rings is 2. The lowest BCUT2D eigenvalue weighted by Gasteiger charge is -2.41. The van der Waals surface area contributed by atoms with E-state index in [1.165, 1.54) is 0 Å². The van der Waals surface area contributed by atoms with Gasteiger partial charge in [-0.15, -0.1) is 0 Å². The van der Waals surface area contributed by atoms with E-state index < -0.39 is 5.54 Å². The highest BCUT2D eigenvalue weighted by atomic mass is 16.2. The van der Waals surface area contributed by atoms with Gasteiger partial charge in [0.25, 0.3) is 5.91 Å². The maximum Gasteiger partial charge on any atom is 0.256 e. The number of carbonyl (C=O) groups excluding carboxylic acids is 2. The molecule has 0 aromatic heterocycles. The predicted molar refractivity (Wildman–Crippen MR) is 120 cm³/mol. The molecule has 4 aliphatic rings. The number of hydrogen-bond acceptors (Lipinski definition) is 4. The molecule has 160 valence electrons. The molecule has 2 aromatic carbocycles. The van der Waals surface area contributed by atoms with Crippen molar-refractivity contribution in [1.29, 1.82) is 5.26 Å². The Balaban J connectivity index is 1.19. The van der Waals surface area contributed by atoms with Gasteiger partial charge in [-0.05, 0) is 48.9 Å². The van der Waals surface area contributed by atoms with Crippen LogP contribution in [0.1, 0.15) is 36.8 Å². The normalized spacial score (nSPS) is 21.3. The predicted octanol–water partition coefficient (Wildman–Crippen LogP) is 3.22. The van der Waals surface area contributed by atoms with E-state index in [9.17, 15) is 9.59 Å². The standard InChI is InChI=1S/C26H24N4O2/c27-13-17-1-3-19(4-2-17)20-5-7-21(8-6-20)23-28-26(11-12-26)25(32)30(23)16-18-14-29(15-18)24(31)22-9-10-22/h1-8,18,22H,9-12,14-16H2. The largest absolute Gasteiger partial charge is 0.342 e. The molecule has 1 spiro atoms. The Kier molecular flexibility index (Phi) is 4.23. The van der Waals surface area contributed by atoms with Crippen LogP contribution in [0.15, 0.2) is 53.5 Å². The minimum atomic E-state index is -0.533. The van der Waals surface area contributed by atoms with Gasteiger partial charge < -0.3 is 4.90 Å². The van der Waals surface area contributed by atoms with Crippen LogP contribution in [-0.2, 0) is 9.59 Å². The molecule has 3 fully saturated rings. The zero-order chi connectivity index (χ0) is 21.9. The van der Waals surface area contributed by atoms with Crippen molar-refractivity contribution in [3.05, 3.63) is 59.7 Å². The highest BCUT2D eigenvalue weighted by molar-refractivity contribution is 6.16. The van der Waals surface area contributed by atoms with Gasteiger partial charge in [0.15, 0.2) is 0 Å². The van der Waals surface area contributed by atoms with Crippen LogP contribution in [0, 0.1) is 23.2 Å². The lowest BCUT2D eigenvalue weighted by Crippen LogP contribution is -2.55. The molecule has 32 heavy (non-hydrogen) atoms. The number of nitrogens with zero attached hydrogens (tertiary/aromatic N) is 4. The minimum absolute atomic E-state index is 0.121. The van der Waals surface area contributed by atoms with Crippen molar-refractivity contribution in [3.63, 3.8) is 0 Å². The fourth-order valence-electron chi connectivity index (χ4n) is 4.75. The van der Waals surface area contributed by atoms with E-state index >= 15 is 0 Å². The van der Waals surface area contributed by atoms with E-state index in [0.717, 1.165) is 61.3 Å². The molecule has 6 nitrogen and oxygen atoms in total. The van der Waals surface area contributed by atoms with Gasteiger partial charge in [0.1, 0.15) is 11.4 Å². The van der Waals surface area contributed by atoms with Crippen molar-refractivity contribution in [2.75, 3.05) is 19.6 Å². The SMILES string of the molecule is N#Cc1ccc(-c2ccc(C3=NC4(CC4)C(=O)N3CC3CN(C(=O)C4CC4)C3)cc2)cc1. The molecule has 0 atom stereocenters. The van der Waals surface area contributed by atoms with Gasteiger partial charge in [0, 0.05) is 37.0 Å². The highest BCUT2D eigenvalue weighted by Crippen LogP contribution is 2.46. The van der Waals surface area contributed by atoms with Gasteiger partial charge >= 0.3 is 0 Å². The second kappa shape index (κ2) is 7.03. The molecular weight excluding hydrogens is 400 g/mol. The second-order valence-electron chi connectivity index (χ2n) is 9.53. The zero-order valence-corrected chi connectivity index (χ0v) is 17.8. The van der Waals surface area contributed by atoms with Crippen LogP contribution < -0.4 is 0 Å². The van der Waals surface area contributed by atoms with E-state index in [1.807, 2.05) is 58.3 Å². The first-order chi connectivity index (χ1) is 15.6. The van der Waals surface area contributed by atoms with Crippen molar-refractivity contribution in [3.8, 4) is 17.2 Å². The Bertz CT molecular complexity index is 1160. The second-order valence-corrected chi connectivity index (χ2v) is 9.53. The number of likely N-dealkylation sites (tertiary alicyclic amines) is 1. The van der Waals surface area contributed by atoms with Gasteiger partial charge in [-0.2, -0.15) is 5.26 Å². The third-order valence-electron chi connectivity index (χ3n) is 7.07. The van der Waals surface area contributed by atoms with Crippen molar-refractivity contribution in [2.24, 2.45) is 16.8 Å². The number of amidine groups is 1. The summed E-state index contributed by atoms with van der Waals surface area (Å²) in [4.78, 5) is 34.0. The Hall–Kier alpha value is -3.46.